The maximum Gasteiger partial charge on any atom is 0.235 e. The summed E-state index contributed by atoms with van der Waals surface area (Å²) in [6.07, 6.45) is 0. The van der Waals surface area contributed by atoms with E-state index in [1.807, 2.05) is 49.4 Å². The van der Waals surface area contributed by atoms with Crippen LogP contribution in [0.25, 0.3) is 15.5 Å². The van der Waals surface area contributed by atoms with Gasteiger partial charge in [0.1, 0.15) is 30.6 Å². The Labute approximate surface area is 159 Å². The normalized spacial score (nSPS) is 13.1. The van der Waals surface area contributed by atoms with Gasteiger partial charge in [-0.15, -0.1) is 10.2 Å². The molecular weight excluding hydrogens is 364 g/mol. The number of fused-ring (bicyclic) bond motifs is 2. The Balaban J connectivity index is 1.40. The molecule has 0 bridgehead atoms. The summed E-state index contributed by atoms with van der Waals surface area (Å²) in [6.45, 7) is 3.48. The molecule has 0 saturated carbocycles. The fraction of sp³-hybridized carbons (Fsp3) is 0.211. The molecule has 2 aromatic heterocycles. The van der Waals surface area contributed by atoms with E-state index >= 15 is 0 Å². The molecule has 0 atom stereocenters. The van der Waals surface area contributed by atoms with Gasteiger partial charge in [-0.2, -0.15) is 9.61 Å². The number of hydrogen-bond acceptors (Lipinski definition) is 7. The summed E-state index contributed by atoms with van der Waals surface area (Å²) in [5, 5.41) is 13.9. The Bertz CT molecular complexity index is 1100. The molecule has 5 rings (SSSR count). The number of aryl methyl sites for hydroxylation is 1. The summed E-state index contributed by atoms with van der Waals surface area (Å²) in [5.74, 6) is 2.96. The van der Waals surface area contributed by atoms with Crippen molar-refractivity contribution in [2.75, 3.05) is 13.2 Å². The molecule has 0 fully saturated rings. The Morgan fingerprint density at radius 1 is 1.04 bits per heavy atom. The molecule has 1 aliphatic rings. The van der Waals surface area contributed by atoms with Crippen molar-refractivity contribution in [1.82, 2.24) is 19.8 Å². The number of rotatable bonds is 4. The quantitative estimate of drug-likeness (QED) is 0.540. The van der Waals surface area contributed by atoms with Crippen molar-refractivity contribution in [1.29, 1.82) is 0 Å². The zero-order chi connectivity index (χ0) is 18.2. The van der Waals surface area contributed by atoms with E-state index in [2.05, 4.69) is 15.3 Å². The Kier molecular flexibility index (Phi) is 3.90. The zero-order valence-electron chi connectivity index (χ0n) is 14.6. The highest BCUT2D eigenvalue weighted by Gasteiger charge is 2.17. The molecule has 4 aromatic rings. The lowest BCUT2D eigenvalue weighted by Crippen LogP contribution is -2.15. The van der Waals surface area contributed by atoms with Gasteiger partial charge in [0.25, 0.3) is 0 Å². The highest BCUT2D eigenvalue weighted by molar-refractivity contribution is 7.19. The van der Waals surface area contributed by atoms with Crippen LogP contribution in [-0.4, -0.2) is 33.0 Å². The van der Waals surface area contributed by atoms with E-state index in [1.54, 1.807) is 4.52 Å². The Morgan fingerprint density at radius 3 is 2.70 bits per heavy atom. The minimum absolute atomic E-state index is 0.300. The maximum atomic E-state index is 5.81. The van der Waals surface area contributed by atoms with Gasteiger partial charge in [-0.3, -0.25) is 0 Å². The zero-order valence-corrected chi connectivity index (χ0v) is 15.4. The minimum atomic E-state index is 0.300. The van der Waals surface area contributed by atoms with E-state index in [1.165, 1.54) is 16.9 Å². The first-order chi connectivity index (χ1) is 13.3. The van der Waals surface area contributed by atoms with Gasteiger partial charge in [-0.25, -0.2) is 0 Å². The first kappa shape index (κ1) is 16.1. The van der Waals surface area contributed by atoms with E-state index in [0.717, 1.165) is 32.8 Å². The van der Waals surface area contributed by atoms with Crippen LogP contribution in [0.5, 0.6) is 17.2 Å². The second-order valence-corrected chi connectivity index (χ2v) is 7.13. The van der Waals surface area contributed by atoms with Crippen LogP contribution >= 0.6 is 11.3 Å². The lowest BCUT2D eigenvalue weighted by Gasteiger charge is -2.18. The average molecular weight is 380 g/mol. The molecule has 136 valence electrons. The monoisotopic (exact) mass is 380 g/mol. The Hall–Kier alpha value is -3.13. The molecule has 0 radical (unpaired) electrons. The standard InChI is InChI=1S/C19H16N4O3S/c1-12-2-5-14(6-3-12)26-11-17-20-21-19-23(17)22-18(27-19)13-4-7-15-16(10-13)25-9-8-24-15/h2-7,10H,8-9,11H2,1H3. The van der Waals surface area contributed by atoms with Gasteiger partial charge in [-0.05, 0) is 37.3 Å². The van der Waals surface area contributed by atoms with Gasteiger partial charge < -0.3 is 14.2 Å². The summed E-state index contributed by atoms with van der Waals surface area (Å²) in [7, 11) is 0. The topological polar surface area (TPSA) is 70.8 Å². The van der Waals surface area contributed by atoms with E-state index in [4.69, 9.17) is 14.2 Å². The minimum Gasteiger partial charge on any atom is -0.486 e. The number of ether oxygens (including phenoxy) is 3. The van der Waals surface area contributed by atoms with Gasteiger partial charge in [0.2, 0.25) is 4.96 Å². The van der Waals surface area contributed by atoms with Crippen molar-refractivity contribution in [3.8, 4) is 27.8 Å². The SMILES string of the molecule is Cc1ccc(OCc2nnc3sc(-c4ccc5c(c4)OCCO5)nn23)cc1. The van der Waals surface area contributed by atoms with Crippen LogP contribution in [0.4, 0.5) is 0 Å². The van der Waals surface area contributed by atoms with Gasteiger partial charge in [0, 0.05) is 5.56 Å². The van der Waals surface area contributed by atoms with Crippen molar-refractivity contribution < 1.29 is 14.2 Å². The summed E-state index contributed by atoms with van der Waals surface area (Å²) in [5.41, 5.74) is 2.15. The molecule has 27 heavy (non-hydrogen) atoms. The Morgan fingerprint density at radius 2 is 1.85 bits per heavy atom. The van der Waals surface area contributed by atoms with Crippen molar-refractivity contribution in [2.45, 2.75) is 13.5 Å². The summed E-state index contributed by atoms with van der Waals surface area (Å²) in [6, 6.07) is 13.7. The molecule has 1 aliphatic heterocycles. The molecule has 0 spiro atoms. The lowest BCUT2D eigenvalue weighted by atomic mass is 10.2. The third kappa shape index (κ3) is 3.08. The van der Waals surface area contributed by atoms with Crippen LogP contribution in [0.3, 0.4) is 0 Å². The third-order valence-corrected chi connectivity index (χ3v) is 5.18. The predicted molar refractivity (Wildman–Crippen MR) is 101 cm³/mol. The van der Waals surface area contributed by atoms with E-state index < -0.39 is 0 Å². The highest BCUT2D eigenvalue weighted by Crippen LogP contribution is 2.35. The first-order valence-corrected chi connectivity index (χ1v) is 9.38. The van der Waals surface area contributed by atoms with Crippen LogP contribution in [0.1, 0.15) is 11.4 Å². The van der Waals surface area contributed by atoms with Crippen LogP contribution in [-0.2, 0) is 6.61 Å². The summed E-state index contributed by atoms with van der Waals surface area (Å²) in [4.78, 5) is 0.724. The number of aromatic nitrogens is 4. The van der Waals surface area contributed by atoms with Crippen LogP contribution in [0.15, 0.2) is 42.5 Å². The lowest BCUT2D eigenvalue weighted by molar-refractivity contribution is 0.171. The van der Waals surface area contributed by atoms with Gasteiger partial charge >= 0.3 is 0 Å². The molecule has 8 heteroatoms. The fourth-order valence-corrected chi connectivity index (χ4v) is 3.68. The van der Waals surface area contributed by atoms with E-state index in [0.29, 0.717) is 25.6 Å². The maximum absolute atomic E-state index is 5.81. The molecule has 3 heterocycles. The molecule has 0 unspecified atom stereocenters. The molecule has 0 saturated heterocycles. The number of benzene rings is 2. The summed E-state index contributed by atoms with van der Waals surface area (Å²) < 4.78 is 18.8. The van der Waals surface area contributed by atoms with E-state index in [9.17, 15) is 0 Å². The predicted octanol–water partition coefficient (Wildman–Crippen LogP) is 3.51. The highest BCUT2D eigenvalue weighted by atomic mass is 32.1. The molecule has 0 aliphatic carbocycles. The third-order valence-electron chi connectivity index (χ3n) is 4.23. The van der Waals surface area contributed by atoms with Gasteiger partial charge in [0.15, 0.2) is 17.3 Å². The second kappa shape index (κ2) is 6.55. The van der Waals surface area contributed by atoms with Crippen LogP contribution in [0, 0.1) is 6.92 Å². The second-order valence-electron chi connectivity index (χ2n) is 6.18. The number of nitrogens with zero attached hydrogens (tertiary/aromatic N) is 4. The molecule has 0 amide bonds. The largest absolute Gasteiger partial charge is 0.486 e. The van der Waals surface area contributed by atoms with Crippen molar-refractivity contribution in [3.63, 3.8) is 0 Å². The van der Waals surface area contributed by atoms with Crippen molar-refractivity contribution in [3.05, 3.63) is 53.9 Å². The molecular formula is C19H16N4O3S. The van der Waals surface area contributed by atoms with Crippen molar-refractivity contribution >= 4 is 16.3 Å². The van der Waals surface area contributed by atoms with E-state index in [-0.39, 0.29) is 0 Å². The average Bonchev–Trinajstić information content (AvgIpc) is 3.28. The van der Waals surface area contributed by atoms with Crippen LogP contribution in [0.2, 0.25) is 0 Å². The first-order valence-electron chi connectivity index (χ1n) is 8.57. The molecule has 0 N–H and O–H groups in total. The van der Waals surface area contributed by atoms with Crippen LogP contribution < -0.4 is 14.2 Å². The smallest absolute Gasteiger partial charge is 0.235 e. The van der Waals surface area contributed by atoms with Gasteiger partial charge in [0.05, 0.1) is 0 Å². The fourth-order valence-electron chi connectivity index (χ4n) is 2.82. The molecule has 2 aromatic carbocycles. The van der Waals surface area contributed by atoms with Crippen molar-refractivity contribution in [2.24, 2.45) is 0 Å². The summed E-state index contributed by atoms with van der Waals surface area (Å²) >= 11 is 1.47. The van der Waals surface area contributed by atoms with Gasteiger partial charge in [-0.1, -0.05) is 29.0 Å². The number of hydrogen-bond donors (Lipinski definition) is 0. The molecule has 7 nitrogen and oxygen atoms in total.